The Morgan fingerprint density at radius 1 is 1.36 bits per heavy atom. The van der Waals surface area contributed by atoms with E-state index in [0.717, 1.165) is 56.1 Å². The van der Waals surface area contributed by atoms with Crippen molar-refractivity contribution in [1.29, 1.82) is 0 Å². The number of hydrogen-bond acceptors (Lipinski definition) is 5. The molecule has 134 valence electrons. The van der Waals surface area contributed by atoms with Crippen molar-refractivity contribution in [2.24, 2.45) is 0 Å². The average molecular weight is 359 g/mol. The van der Waals surface area contributed by atoms with Crippen molar-refractivity contribution in [3.63, 3.8) is 0 Å². The molecule has 6 heteroatoms. The molecule has 0 spiro atoms. The third kappa shape index (κ3) is 4.57. The third-order valence-corrected chi connectivity index (χ3v) is 5.36. The predicted molar refractivity (Wildman–Crippen MR) is 102 cm³/mol. The maximum Gasteiger partial charge on any atom is 0.242 e. The highest BCUT2D eigenvalue weighted by Crippen LogP contribution is 2.27. The number of nitrogens with zero attached hydrogens (tertiary/aromatic N) is 3. The molecule has 3 rings (SSSR count). The maximum absolute atomic E-state index is 12.4. The summed E-state index contributed by atoms with van der Waals surface area (Å²) in [6, 6.07) is 8.36. The van der Waals surface area contributed by atoms with E-state index in [1.165, 1.54) is 22.7 Å². The summed E-state index contributed by atoms with van der Waals surface area (Å²) in [4.78, 5) is 19.3. The molecule has 0 unspecified atom stereocenters. The number of unbranched alkanes of at least 4 members (excludes halogenated alkanes) is 1. The van der Waals surface area contributed by atoms with Crippen LogP contribution < -0.4 is 10.2 Å². The van der Waals surface area contributed by atoms with Crippen LogP contribution in [-0.2, 0) is 11.2 Å². The van der Waals surface area contributed by atoms with Crippen LogP contribution in [0.15, 0.2) is 24.3 Å². The predicted octanol–water partition coefficient (Wildman–Crippen LogP) is 3.32. The molecule has 1 aromatic carbocycles. The molecule has 0 saturated carbocycles. The summed E-state index contributed by atoms with van der Waals surface area (Å²) in [6.45, 7) is 5.85. The first-order valence-electron chi connectivity index (χ1n) is 9.10. The van der Waals surface area contributed by atoms with Gasteiger partial charge >= 0.3 is 0 Å². The lowest BCUT2D eigenvalue weighted by atomic mass is 10.1. The monoisotopic (exact) mass is 358 g/mol. The van der Waals surface area contributed by atoms with Crippen LogP contribution >= 0.6 is 11.5 Å². The van der Waals surface area contributed by atoms with E-state index >= 15 is 0 Å². The van der Waals surface area contributed by atoms with E-state index in [2.05, 4.69) is 52.7 Å². The zero-order chi connectivity index (χ0) is 17.6. The largest absolute Gasteiger partial charge is 0.354 e. The molecular weight excluding hydrogens is 332 g/mol. The molecule has 5 nitrogen and oxygen atoms in total. The minimum Gasteiger partial charge on any atom is -0.354 e. The number of benzene rings is 1. The van der Waals surface area contributed by atoms with E-state index in [1.54, 1.807) is 0 Å². The molecule has 1 N–H and O–H groups in total. The number of anilines is 1. The van der Waals surface area contributed by atoms with Gasteiger partial charge in [0.05, 0.1) is 0 Å². The highest BCUT2D eigenvalue weighted by Gasteiger charge is 2.32. The summed E-state index contributed by atoms with van der Waals surface area (Å²) in [5, 5.41) is 3.92. The molecule has 2 aromatic rings. The second-order valence-corrected chi connectivity index (χ2v) is 7.38. The minimum absolute atomic E-state index is 0.1000. The van der Waals surface area contributed by atoms with Gasteiger partial charge in [-0.25, -0.2) is 4.98 Å². The van der Waals surface area contributed by atoms with Crippen LogP contribution in [0, 0.1) is 6.92 Å². The van der Waals surface area contributed by atoms with Gasteiger partial charge in [-0.2, -0.15) is 4.37 Å². The van der Waals surface area contributed by atoms with Crippen LogP contribution in [-0.4, -0.2) is 34.4 Å². The Labute approximate surface area is 153 Å². The van der Waals surface area contributed by atoms with Gasteiger partial charge in [0, 0.05) is 31.0 Å². The van der Waals surface area contributed by atoms with Gasteiger partial charge < -0.3 is 10.2 Å². The van der Waals surface area contributed by atoms with Gasteiger partial charge in [0.2, 0.25) is 11.0 Å². The highest BCUT2D eigenvalue weighted by atomic mass is 32.1. The van der Waals surface area contributed by atoms with Crippen molar-refractivity contribution in [2.75, 3.05) is 18.0 Å². The van der Waals surface area contributed by atoms with E-state index in [1.807, 2.05) is 0 Å². The molecule has 0 radical (unpaired) electrons. The maximum atomic E-state index is 12.4. The SMILES string of the molecule is CCCCNC(=O)[C@H]1CCCN1c1nc(Cc2ccc(C)cc2)ns1. The van der Waals surface area contributed by atoms with Gasteiger partial charge in [-0.1, -0.05) is 43.2 Å². The standard InChI is InChI=1S/C19H26N4OS/c1-3-4-11-20-18(24)16-6-5-12-23(16)19-21-17(22-25-19)13-15-9-7-14(2)8-10-15/h7-10,16H,3-6,11-13H2,1-2H3,(H,20,24)/t16-/m1/s1. The van der Waals surface area contributed by atoms with Gasteiger partial charge in [0.1, 0.15) is 11.9 Å². The molecule has 25 heavy (non-hydrogen) atoms. The Balaban J connectivity index is 1.64. The lowest BCUT2D eigenvalue weighted by Crippen LogP contribution is -2.43. The Bertz CT molecular complexity index is 698. The minimum atomic E-state index is -0.1000. The van der Waals surface area contributed by atoms with Gasteiger partial charge in [0.25, 0.3) is 0 Å². The number of carbonyl (C=O) groups excluding carboxylic acids is 1. The van der Waals surface area contributed by atoms with E-state index in [9.17, 15) is 4.79 Å². The number of carbonyl (C=O) groups is 1. The molecule has 2 heterocycles. The molecule has 1 atom stereocenters. The smallest absolute Gasteiger partial charge is 0.242 e. The van der Waals surface area contributed by atoms with Crippen LogP contribution in [0.25, 0.3) is 0 Å². The van der Waals surface area contributed by atoms with Crippen molar-refractivity contribution in [2.45, 2.75) is 52.0 Å². The second-order valence-electron chi connectivity index (χ2n) is 6.65. The first kappa shape index (κ1) is 17.9. The van der Waals surface area contributed by atoms with E-state index in [-0.39, 0.29) is 11.9 Å². The van der Waals surface area contributed by atoms with Crippen LogP contribution in [0.5, 0.6) is 0 Å². The topological polar surface area (TPSA) is 58.1 Å². The fourth-order valence-corrected chi connectivity index (χ4v) is 3.86. The van der Waals surface area contributed by atoms with Gasteiger partial charge in [-0.15, -0.1) is 0 Å². The summed E-state index contributed by atoms with van der Waals surface area (Å²) in [6.07, 6.45) is 4.77. The first-order chi connectivity index (χ1) is 12.2. The summed E-state index contributed by atoms with van der Waals surface area (Å²) in [5.74, 6) is 0.960. The van der Waals surface area contributed by atoms with Crippen LogP contribution in [0.4, 0.5) is 5.13 Å². The molecule has 1 amide bonds. The Morgan fingerprint density at radius 2 is 2.16 bits per heavy atom. The zero-order valence-electron chi connectivity index (χ0n) is 15.0. The molecule has 1 fully saturated rings. The molecular formula is C19H26N4OS. The lowest BCUT2D eigenvalue weighted by molar-refractivity contribution is -0.122. The van der Waals surface area contributed by atoms with Gasteiger partial charge in [0.15, 0.2) is 0 Å². The molecule has 1 aliphatic heterocycles. The number of aryl methyl sites for hydroxylation is 1. The summed E-state index contributed by atoms with van der Waals surface area (Å²) in [5.41, 5.74) is 2.47. The highest BCUT2D eigenvalue weighted by molar-refractivity contribution is 7.09. The Morgan fingerprint density at radius 3 is 2.92 bits per heavy atom. The number of nitrogens with one attached hydrogen (secondary N) is 1. The first-order valence-corrected chi connectivity index (χ1v) is 9.87. The van der Waals surface area contributed by atoms with Crippen LogP contribution in [0.1, 0.15) is 49.6 Å². The van der Waals surface area contributed by atoms with Crippen molar-refractivity contribution in [3.05, 3.63) is 41.2 Å². The Hall–Kier alpha value is -1.95. The summed E-state index contributed by atoms with van der Waals surface area (Å²) < 4.78 is 4.50. The Kier molecular flexibility index (Phi) is 6.02. The molecule has 1 aliphatic rings. The van der Waals surface area contributed by atoms with E-state index in [0.29, 0.717) is 0 Å². The number of hydrogen-bond donors (Lipinski definition) is 1. The summed E-state index contributed by atoms with van der Waals surface area (Å²) in [7, 11) is 0. The van der Waals surface area contributed by atoms with Gasteiger partial charge in [-0.05, 0) is 31.7 Å². The van der Waals surface area contributed by atoms with Crippen molar-refractivity contribution in [3.8, 4) is 0 Å². The van der Waals surface area contributed by atoms with Crippen LogP contribution in [0.3, 0.4) is 0 Å². The van der Waals surface area contributed by atoms with E-state index in [4.69, 9.17) is 4.98 Å². The van der Waals surface area contributed by atoms with Crippen LogP contribution in [0.2, 0.25) is 0 Å². The average Bonchev–Trinajstić information content (AvgIpc) is 3.26. The second kappa shape index (κ2) is 8.43. The van der Waals surface area contributed by atoms with Crippen molar-refractivity contribution < 1.29 is 4.79 Å². The van der Waals surface area contributed by atoms with Crippen molar-refractivity contribution >= 4 is 22.6 Å². The molecule has 1 aromatic heterocycles. The number of aromatic nitrogens is 2. The molecule has 0 bridgehead atoms. The fourth-order valence-electron chi connectivity index (χ4n) is 3.10. The molecule has 1 saturated heterocycles. The lowest BCUT2D eigenvalue weighted by Gasteiger charge is -2.22. The normalized spacial score (nSPS) is 17.0. The summed E-state index contributed by atoms with van der Waals surface area (Å²) >= 11 is 1.40. The fraction of sp³-hybridized carbons (Fsp3) is 0.526. The molecule has 0 aliphatic carbocycles. The number of rotatable bonds is 7. The quantitative estimate of drug-likeness (QED) is 0.772. The zero-order valence-corrected chi connectivity index (χ0v) is 15.8. The van der Waals surface area contributed by atoms with Crippen molar-refractivity contribution in [1.82, 2.24) is 14.7 Å². The number of amides is 1. The van der Waals surface area contributed by atoms with Gasteiger partial charge in [-0.3, -0.25) is 4.79 Å². The van der Waals surface area contributed by atoms with E-state index < -0.39 is 0 Å². The third-order valence-electron chi connectivity index (χ3n) is 4.57.